The molecule has 4 rings (SSSR count). The average Bonchev–Trinajstić information content (AvgIpc) is 3.12. The van der Waals surface area contributed by atoms with Crippen molar-refractivity contribution in [1.29, 1.82) is 0 Å². The fraction of sp³-hybridized carbons (Fsp3) is 0.0909. The summed E-state index contributed by atoms with van der Waals surface area (Å²) in [4.78, 5) is 16.8. The van der Waals surface area contributed by atoms with Crippen molar-refractivity contribution < 1.29 is 9.53 Å². The number of amides is 1. The number of nitrogens with zero attached hydrogens (tertiary/aromatic N) is 2. The number of aromatic nitrogens is 2. The summed E-state index contributed by atoms with van der Waals surface area (Å²) >= 11 is 0. The van der Waals surface area contributed by atoms with E-state index >= 15 is 0 Å². The molecule has 0 saturated heterocycles. The molecular weight excluding hydrogens is 338 g/mol. The first-order valence-electron chi connectivity index (χ1n) is 8.82. The third-order valence-corrected chi connectivity index (χ3v) is 4.18. The molecule has 0 atom stereocenters. The Kier molecular flexibility index (Phi) is 4.83. The highest BCUT2D eigenvalue weighted by molar-refractivity contribution is 5.94. The van der Waals surface area contributed by atoms with E-state index in [1.807, 2.05) is 65.3 Å². The summed E-state index contributed by atoms with van der Waals surface area (Å²) < 4.78 is 7.71. The first-order valence-corrected chi connectivity index (χ1v) is 8.82. The summed E-state index contributed by atoms with van der Waals surface area (Å²) in [6, 6.07) is 22.5. The van der Waals surface area contributed by atoms with Gasteiger partial charge in [0.2, 0.25) is 0 Å². The van der Waals surface area contributed by atoms with E-state index in [2.05, 4.69) is 10.3 Å². The molecular formula is C22H19N3O2. The quantitative estimate of drug-likeness (QED) is 0.565. The van der Waals surface area contributed by atoms with Crippen LogP contribution < -0.4 is 10.1 Å². The Morgan fingerprint density at radius 2 is 1.67 bits per heavy atom. The SMILES string of the molecule is O=C(NCCc1cn2ccccc2n1)c1ccc(Oc2ccccc2)cc1. The van der Waals surface area contributed by atoms with Crippen molar-refractivity contribution in [3.63, 3.8) is 0 Å². The monoisotopic (exact) mass is 357 g/mol. The summed E-state index contributed by atoms with van der Waals surface area (Å²) in [5, 5.41) is 2.93. The highest BCUT2D eigenvalue weighted by Gasteiger charge is 2.07. The molecule has 4 aromatic rings. The van der Waals surface area contributed by atoms with Gasteiger partial charge in [0.25, 0.3) is 5.91 Å². The number of hydrogen-bond donors (Lipinski definition) is 1. The van der Waals surface area contributed by atoms with Crippen molar-refractivity contribution in [2.45, 2.75) is 6.42 Å². The van der Waals surface area contributed by atoms with Gasteiger partial charge in [0.15, 0.2) is 0 Å². The predicted molar refractivity (Wildman–Crippen MR) is 104 cm³/mol. The molecule has 0 radical (unpaired) electrons. The number of imidazole rings is 1. The van der Waals surface area contributed by atoms with Crippen LogP contribution in [-0.4, -0.2) is 21.8 Å². The van der Waals surface area contributed by atoms with Gasteiger partial charge < -0.3 is 14.5 Å². The molecule has 0 spiro atoms. The Morgan fingerprint density at radius 1 is 0.926 bits per heavy atom. The van der Waals surface area contributed by atoms with E-state index < -0.39 is 0 Å². The largest absolute Gasteiger partial charge is 0.457 e. The summed E-state index contributed by atoms with van der Waals surface area (Å²) in [6.07, 6.45) is 4.63. The van der Waals surface area contributed by atoms with Crippen LogP contribution in [0.3, 0.4) is 0 Å². The molecule has 134 valence electrons. The Morgan fingerprint density at radius 3 is 2.44 bits per heavy atom. The molecule has 0 saturated carbocycles. The van der Waals surface area contributed by atoms with E-state index in [-0.39, 0.29) is 5.91 Å². The second-order valence-corrected chi connectivity index (χ2v) is 6.14. The zero-order valence-corrected chi connectivity index (χ0v) is 14.7. The number of pyridine rings is 1. The van der Waals surface area contributed by atoms with Crippen LogP contribution in [0.25, 0.3) is 5.65 Å². The minimum Gasteiger partial charge on any atom is -0.457 e. The van der Waals surface area contributed by atoms with E-state index in [1.54, 1.807) is 24.3 Å². The number of rotatable bonds is 6. The second-order valence-electron chi connectivity index (χ2n) is 6.14. The summed E-state index contributed by atoms with van der Waals surface area (Å²) in [6.45, 7) is 0.533. The van der Waals surface area contributed by atoms with Crippen LogP contribution in [0, 0.1) is 0 Å². The maximum absolute atomic E-state index is 12.3. The van der Waals surface area contributed by atoms with Gasteiger partial charge in [-0.1, -0.05) is 24.3 Å². The zero-order chi connectivity index (χ0) is 18.5. The zero-order valence-electron chi connectivity index (χ0n) is 14.7. The lowest BCUT2D eigenvalue weighted by Crippen LogP contribution is -2.25. The molecule has 5 nitrogen and oxygen atoms in total. The van der Waals surface area contributed by atoms with Gasteiger partial charge in [-0.15, -0.1) is 0 Å². The Hall–Kier alpha value is -3.60. The molecule has 5 heteroatoms. The van der Waals surface area contributed by atoms with Gasteiger partial charge in [0.1, 0.15) is 17.1 Å². The van der Waals surface area contributed by atoms with Gasteiger partial charge in [0, 0.05) is 30.9 Å². The van der Waals surface area contributed by atoms with E-state index in [0.717, 1.165) is 17.1 Å². The van der Waals surface area contributed by atoms with Crippen LogP contribution >= 0.6 is 0 Å². The Bertz CT molecular complexity index is 1010. The summed E-state index contributed by atoms with van der Waals surface area (Å²) in [7, 11) is 0. The van der Waals surface area contributed by atoms with Crippen LogP contribution in [0.1, 0.15) is 16.1 Å². The fourth-order valence-corrected chi connectivity index (χ4v) is 2.81. The second kappa shape index (κ2) is 7.74. The number of hydrogen-bond acceptors (Lipinski definition) is 3. The fourth-order valence-electron chi connectivity index (χ4n) is 2.81. The van der Waals surface area contributed by atoms with Gasteiger partial charge in [-0.25, -0.2) is 4.98 Å². The molecule has 0 unspecified atom stereocenters. The summed E-state index contributed by atoms with van der Waals surface area (Å²) in [5.74, 6) is 1.36. The normalized spacial score (nSPS) is 10.7. The van der Waals surface area contributed by atoms with Crippen molar-refractivity contribution in [3.8, 4) is 11.5 Å². The van der Waals surface area contributed by atoms with E-state index in [4.69, 9.17) is 4.74 Å². The molecule has 0 fully saturated rings. The molecule has 2 aromatic carbocycles. The first-order chi connectivity index (χ1) is 13.3. The lowest BCUT2D eigenvalue weighted by atomic mass is 10.2. The number of fused-ring (bicyclic) bond motifs is 1. The number of carbonyl (C=O) groups is 1. The molecule has 1 N–H and O–H groups in total. The highest BCUT2D eigenvalue weighted by Crippen LogP contribution is 2.21. The maximum Gasteiger partial charge on any atom is 0.251 e. The molecule has 2 heterocycles. The number of nitrogens with one attached hydrogen (secondary N) is 1. The van der Waals surface area contributed by atoms with Crippen molar-refractivity contribution in [2.75, 3.05) is 6.54 Å². The van der Waals surface area contributed by atoms with Crippen molar-refractivity contribution in [3.05, 3.63) is 96.4 Å². The molecule has 0 aliphatic carbocycles. The first kappa shape index (κ1) is 16.8. The third-order valence-electron chi connectivity index (χ3n) is 4.18. The van der Waals surface area contributed by atoms with Crippen LogP contribution in [0.4, 0.5) is 0 Å². The van der Waals surface area contributed by atoms with Crippen molar-refractivity contribution >= 4 is 11.6 Å². The van der Waals surface area contributed by atoms with E-state index in [0.29, 0.717) is 24.3 Å². The molecule has 0 bridgehead atoms. The Labute approximate surface area is 157 Å². The lowest BCUT2D eigenvalue weighted by molar-refractivity contribution is 0.0954. The van der Waals surface area contributed by atoms with Crippen molar-refractivity contribution in [1.82, 2.24) is 14.7 Å². The highest BCUT2D eigenvalue weighted by atomic mass is 16.5. The molecule has 1 amide bonds. The standard InChI is InChI=1S/C22H19N3O2/c26-22(23-14-13-18-16-25-15-5-4-8-21(25)24-18)17-9-11-20(12-10-17)27-19-6-2-1-3-7-19/h1-12,15-16H,13-14H2,(H,23,26). The van der Waals surface area contributed by atoms with E-state index in [1.165, 1.54) is 0 Å². The van der Waals surface area contributed by atoms with Gasteiger partial charge in [0.05, 0.1) is 5.69 Å². The number of carbonyl (C=O) groups excluding carboxylic acids is 1. The Balaban J connectivity index is 1.31. The van der Waals surface area contributed by atoms with E-state index in [9.17, 15) is 4.79 Å². The number of ether oxygens (including phenoxy) is 1. The third kappa shape index (κ3) is 4.15. The molecule has 0 aliphatic rings. The lowest BCUT2D eigenvalue weighted by Gasteiger charge is -2.07. The molecule has 0 aliphatic heterocycles. The van der Waals surface area contributed by atoms with Crippen LogP contribution in [0.2, 0.25) is 0 Å². The van der Waals surface area contributed by atoms with Gasteiger partial charge in [-0.05, 0) is 48.5 Å². The average molecular weight is 357 g/mol. The van der Waals surface area contributed by atoms with Crippen LogP contribution in [0.5, 0.6) is 11.5 Å². The van der Waals surface area contributed by atoms with Gasteiger partial charge in [-0.2, -0.15) is 0 Å². The smallest absolute Gasteiger partial charge is 0.251 e. The topological polar surface area (TPSA) is 55.6 Å². The van der Waals surface area contributed by atoms with Crippen LogP contribution in [0.15, 0.2) is 85.2 Å². The minimum atomic E-state index is -0.106. The maximum atomic E-state index is 12.3. The number of benzene rings is 2. The van der Waals surface area contributed by atoms with Crippen molar-refractivity contribution in [2.24, 2.45) is 0 Å². The minimum absolute atomic E-state index is 0.106. The summed E-state index contributed by atoms with van der Waals surface area (Å²) in [5.41, 5.74) is 2.46. The van der Waals surface area contributed by atoms with Gasteiger partial charge >= 0.3 is 0 Å². The number of para-hydroxylation sites is 1. The van der Waals surface area contributed by atoms with Crippen LogP contribution in [-0.2, 0) is 6.42 Å². The molecule has 2 aromatic heterocycles. The van der Waals surface area contributed by atoms with Gasteiger partial charge in [-0.3, -0.25) is 4.79 Å². The molecule has 27 heavy (non-hydrogen) atoms. The predicted octanol–water partition coefficient (Wildman–Crippen LogP) is 4.10.